The molecule has 5 rings (SSSR count). The first-order valence-corrected chi connectivity index (χ1v) is 12.8. The van der Waals surface area contributed by atoms with Crippen LogP contribution in [0.3, 0.4) is 0 Å². The molecule has 5 aliphatic rings. The van der Waals surface area contributed by atoms with E-state index in [-0.39, 0.29) is 15.8 Å². The lowest BCUT2D eigenvalue weighted by atomic mass is 9.56. The minimum absolute atomic E-state index is 0.00545. The third-order valence-electron chi connectivity index (χ3n) is 7.61. The predicted molar refractivity (Wildman–Crippen MR) is 95.4 cm³/mol. The zero-order chi connectivity index (χ0) is 14.8. The van der Waals surface area contributed by atoms with Gasteiger partial charge in [-0.1, -0.05) is 19.0 Å². The highest BCUT2D eigenvalue weighted by molar-refractivity contribution is 6.89. The number of rotatable bonds is 2. The van der Waals surface area contributed by atoms with E-state index in [4.69, 9.17) is 34.8 Å². The van der Waals surface area contributed by atoms with Gasteiger partial charge in [0.25, 0.3) is 0 Å². The standard InChI is InChI=1S/C17H27Cl3Si/c1-2-21(4-3-14(18)15(19)17(21)20)16-12-6-10-5-11(8-12)9-13(16)7-10/h10-17H,2-9H2,1H3. The van der Waals surface area contributed by atoms with Gasteiger partial charge in [0.15, 0.2) is 0 Å². The van der Waals surface area contributed by atoms with Crippen molar-refractivity contribution in [3.8, 4) is 0 Å². The maximum Gasteiger partial charge on any atom is 0.0793 e. The molecule has 1 heterocycles. The van der Waals surface area contributed by atoms with Gasteiger partial charge in [-0.3, -0.25) is 0 Å². The van der Waals surface area contributed by atoms with Crippen LogP contribution in [0.1, 0.15) is 45.4 Å². The molecule has 21 heavy (non-hydrogen) atoms. The molecule has 5 fully saturated rings. The monoisotopic (exact) mass is 364 g/mol. The van der Waals surface area contributed by atoms with E-state index < -0.39 is 8.07 Å². The molecule has 120 valence electrons. The Bertz CT molecular complexity index is 387. The summed E-state index contributed by atoms with van der Waals surface area (Å²) in [4.78, 5) is 0. The first-order chi connectivity index (χ1) is 10.0. The highest BCUT2D eigenvalue weighted by atomic mass is 35.5. The average Bonchev–Trinajstić information content (AvgIpc) is 2.46. The Labute approximate surface area is 145 Å². The highest BCUT2D eigenvalue weighted by Gasteiger charge is 2.60. The minimum atomic E-state index is -1.52. The SMILES string of the molecule is CC[Si]1(C2C3CC4CC(C3)CC2C4)CCC(Cl)C(Cl)C1Cl. The molecule has 4 unspecified atom stereocenters. The first-order valence-electron chi connectivity index (χ1n) is 8.97. The van der Waals surface area contributed by atoms with Crippen molar-refractivity contribution in [1.82, 2.24) is 0 Å². The van der Waals surface area contributed by atoms with E-state index in [9.17, 15) is 0 Å². The lowest BCUT2D eigenvalue weighted by Crippen LogP contribution is -2.63. The summed E-state index contributed by atoms with van der Waals surface area (Å²) in [6.45, 7) is 2.41. The van der Waals surface area contributed by atoms with Gasteiger partial charge in [0.2, 0.25) is 0 Å². The molecule has 0 nitrogen and oxygen atoms in total. The van der Waals surface area contributed by atoms with Crippen LogP contribution >= 0.6 is 34.8 Å². The second-order valence-corrected chi connectivity index (χ2v) is 15.3. The number of hydrogen-bond acceptors (Lipinski definition) is 0. The molecule has 4 atom stereocenters. The van der Waals surface area contributed by atoms with Crippen LogP contribution in [0.2, 0.25) is 17.6 Å². The Kier molecular flexibility index (Phi) is 4.14. The van der Waals surface area contributed by atoms with Crippen molar-refractivity contribution in [3.05, 3.63) is 0 Å². The lowest BCUT2D eigenvalue weighted by molar-refractivity contribution is 0.0163. The third-order valence-corrected chi connectivity index (χ3v) is 17.0. The summed E-state index contributed by atoms with van der Waals surface area (Å²) in [5.41, 5.74) is 0.961. The first kappa shape index (κ1) is 15.6. The molecule has 0 aromatic heterocycles. The zero-order valence-electron chi connectivity index (χ0n) is 12.9. The molecule has 4 bridgehead atoms. The molecule has 0 radical (unpaired) electrons. The molecular formula is C17H27Cl3Si. The largest absolute Gasteiger partial charge is 0.125 e. The molecule has 0 aromatic carbocycles. The predicted octanol–water partition coefficient (Wildman–Crippen LogP) is 6.05. The summed E-state index contributed by atoms with van der Waals surface area (Å²) >= 11 is 20.1. The Morgan fingerprint density at radius 1 is 0.905 bits per heavy atom. The molecule has 4 heteroatoms. The van der Waals surface area contributed by atoms with E-state index >= 15 is 0 Å². The minimum Gasteiger partial charge on any atom is -0.125 e. The summed E-state index contributed by atoms with van der Waals surface area (Å²) in [7, 11) is -1.52. The highest BCUT2D eigenvalue weighted by Crippen LogP contribution is 2.64. The van der Waals surface area contributed by atoms with Crippen molar-refractivity contribution < 1.29 is 0 Å². The van der Waals surface area contributed by atoms with Crippen molar-refractivity contribution in [1.29, 1.82) is 0 Å². The third kappa shape index (κ3) is 2.28. The maximum absolute atomic E-state index is 7.02. The van der Waals surface area contributed by atoms with Crippen molar-refractivity contribution in [2.45, 2.75) is 78.8 Å². The van der Waals surface area contributed by atoms with Gasteiger partial charge in [-0.05, 0) is 67.7 Å². The second kappa shape index (κ2) is 5.57. The topological polar surface area (TPSA) is 0 Å². The maximum atomic E-state index is 7.02. The number of alkyl halides is 3. The molecular weight excluding hydrogens is 339 g/mol. The lowest BCUT2D eigenvalue weighted by Gasteiger charge is -2.62. The van der Waals surface area contributed by atoms with Crippen LogP contribution in [0.4, 0.5) is 0 Å². The quantitative estimate of drug-likeness (QED) is 0.413. The van der Waals surface area contributed by atoms with Crippen LogP contribution in [-0.2, 0) is 0 Å². The van der Waals surface area contributed by atoms with Gasteiger partial charge >= 0.3 is 0 Å². The molecule has 4 saturated carbocycles. The van der Waals surface area contributed by atoms with Crippen LogP contribution in [0.15, 0.2) is 0 Å². The van der Waals surface area contributed by atoms with Gasteiger partial charge in [-0.15, -0.1) is 34.8 Å². The summed E-state index contributed by atoms with van der Waals surface area (Å²) in [6.07, 6.45) is 8.68. The van der Waals surface area contributed by atoms with Gasteiger partial charge in [-0.25, -0.2) is 0 Å². The summed E-state index contributed by atoms with van der Waals surface area (Å²) in [6, 6.07) is 2.66. The smallest absolute Gasteiger partial charge is 0.0793 e. The van der Waals surface area contributed by atoms with Gasteiger partial charge in [0.1, 0.15) is 0 Å². The molecule has 1 aliphatic heterocycles. The van der Waals surface area contributed by atoms with Crippen LogP contribution in [0.25, 0.3) is 0 Å². The van der Waals surface area contributed by atoms with Crippen LogP contribution in [-0.4, -0.2) is 23.8 Å². The van der Waals surface area contributed by atoms with Crippen LogP contribution in [0.5, 0.6) is 0 Å². The van der Waals surface area contributed by atoms with E-state index in [0.717, 1.165) is 35.6 Å². The Morgan fingerprint density at radius 3 is 2.00 bits per heavy atom. The number of halogens is 3. The van der Waals surface area contributed by atoms with Gasteiger partial charge in [0, 0.05) is 5.00 Å². The van der Waals surface area contributed by atoms with Gasteiger partial charge in [-0.2, -0.15) is 0 Å². The fourth-order valence-corrected chi connectivity index (χ4v) is 16.3. The number of hydrogen-bond donors (Lipinski definition) is 0. The van der Waals surface area contributed by atoms with E-state index in [2.05, 4.69) is 6.92 Å². The van der Waals surface area contributed by atoms with Gasteiger partial charge < -0.3 is 0 Å². The molecule has 0 aromatic rings. The fourth-order valence-electron chi connectivity index (χ4n) is 7.03. The molecule has 0 amide bonds. The molecule has 4 aliphatic carbocycles. The molecule has 0 spiro atoms. The summed E-state index contributed by atoms with van der Waals surface area (Å²) in [5, 5.41) is 0.298. The Morgan fingerprint density at radius 2 is 1.48 bits per heavy atom. The van der Waals surface area contributed by atoms with E-state index in [1.165, 1.54) is 44.2 Å². The normalized spacial score (nSPS) is 59.4. The van der Waals surface area contributed by atoms with Crippen LogP contribution < -0.4 is 0 Å². The van der Waals surface area contributed by atoms with Crippen molar-refractivity contribution in [2.75, 3.05) is 0 Å². The Hall–Kier alpha value is 1.09. The van der Waals surface area contributed by atoms with E-state index in [0.29, 0.717) is 0 Å². The van der Waals surface area contributed by atoms with E-state index in [1.807, 2.05) is 0 Å². The molecule has 1 saturated heterocycles. The van der Waals surface area contributed by atoms with Crippen molar-refractivity contribution in [2.24, 2.45) is 23.7 Å². The average molecular weight is 366 g/mol. The fraction of sp³-hybridized carbons (Fsp3) is 1.00. The summed E-state index contributed by atoms with van der Waals surface area (Å²) < 4.78 is 0. The van der Waals surface area contributed by atoms with Crippen molar-refractivity contribution in [3.63, 3.8) is 0 Å². The second-order valence-electron chi connectivity index (χ2n) is 8.44. The summed E-state index contributed by atoms with van der Waals surface area (Å²) in [5.74, 6) is 4.09. The zero-order valence-corrected chi connectivity index (χ0v) is 16.2. The Balaban J connectivity index is 1.66. The van der Waals surface area contributed by atoms with Crippen LogP contribution in [0, 0.1) is 23.7 Å². The molecule has 0 N–H and O–H groups in total. The van der Waals surface area contributed by atoms with E-state index in [1.54, 1.807) is 0 Å². The van der Waals surface area contributed by atoms with Gasteiger partial charge in [0.05, 0.1) is 18.8 Å². The van der Waals surface area contributed by atoms with Crippen molar-refractivity contribution >= 4 is 42.9 Å².